The third-order valence-electron chi connectivity index (χ3n) is 4.66. The second-order valence-corrected chi connectivity index (χ2v) is 7.32. The lowest BCUT2D eigenvalue weighted by Crippen LogP contribution is -2.35. The fourth-order valence-electron chi connectivity index (χ4n) is 3.07. The summed E-state index contributed by atoms with van der Waals surface area (Å²) in [6.45, 7) is 0.658. The predicted octanol–water partition coefficient (Wildman–Crippen LogP) is 2.80. The fourth-order valence-corrected chi connectivity index (χ4v) is 3.37. The molecule has 0 aliphatic heterocycles. The van der Waals surface area contributed by atoms with Crippen molar-refractivity contribution >= 4 is 66.4 Å². The van der Waals surface area contributed by atoms with E-state index in [0.29, 0.717) is 29.9 Å². The number of nitrogens with two attached hydrogens (primary N) is 2. The number of carbonyl (C=O) groups is 1. The zero-order valence-electron chi connectivity index (χ0n) is 18.5. The highest BCUT2D eigenvalue weighted by molar-refractivity contribution is 6.32. The van der Waals surface area contributed by atoms with Crippen molar-refractivity contribution in [3.63, 3.8) is 0 Å². The number of aromatic nitrogens is 2. The van der Waals surface area contributed by atoms with Gasteiger partial charge in [-0.05, 0) is 5.56 Å². The Bertz CT molecular complexity index is 1170. The van der Waals surface area contributed by atoms with Crippen LogP contribution in [0, 0.1) is 5.41 Å². The molecule has 2 aromatic carbocycles. The van der Waals surface area contributed by atoms with Crippen molar-refractivity contribution < 1.29 is 4.79 Å². The summed E-state index contributed by atoms with van der Waals surface area (Å²) in [5, 5.41) is 13.2. The van der Waals surface area contributed by atoms with Gasteiger partial charge in [0.1, 0.15) is 12.4 Å². The number of hydrogen-bond acceptors (Lipinski definition) is 6. The van der Waals surface area contributed by atoms with Crippen molar-refractivity contribution in [3.05, 3.63) is 81.2 Å². The van der Waals surface area contributed by atoms with E-state index in [1.54, 1.807) is 36.4 Å². The highest BCUT2D eigenvalue weighted by atomic mass is 35.5. The lowest BCUT2D eigenvalue weighted by atomic mass is 10.1. The molecule has 1 aromatic heterocycles. The van der Waals surface area contributed by atoms with Crippen LogP contribution in [0.5, 0.6) is 0 Å². The van der Waals surface area contributed by atoms with Crippen LogP contribution in [0.15, 0.2) is 59.4 Å². The van der Waals surface area contributed by atoms with E-state index in [1.165, 1.54) is 4.57 Å². The molecule has 0 saturated heterocycles. The van der Waals surface area contributed by atoms with Gasteiger partial charge in [-0.15, -0.1) is 37.2 Å². The lowest BCUT2D eigenvalue weighted by molar-refractivity contribution is -0.121. The quantitative estimate of drug-likeness (QED) is 0.200. The number of amidine groups is 1. The highest BCUT2D eigenvalue weighted by Crippen LogP contribution is 2.26. The maximum Gasteiger partial charge on any atom is 0.294 e. The van der Waals surface area contributed by atoms with Crippen molar-refractivity contribution in [2.45, 2.75) is 13.1 Å². The maximum absolute atomic E-state index is 13.1. The first kappa shape index (κ1) is 32.2. The molecule has 0 radical (unpaired) electrons. The van der Waals surface area contributed by atoms with Gasteiger partial charge in [0.15, 0.2) is 11.0 Å². The van der Waals surface area contributed by atoms with Gasteiger partial charge in [0.25, 0.3) is 5.56 Å². The zero-order chi connectivity index (χ0) is 23.1. The molecule has 1 heterocycles. The molecule has 0 bridgehead atoms. The summed E-state index contributed by atoms with van der Waals surface area (Å²) in [5.41, 5.74) is 13.0. The summed E-state index contributed by atoms with van der Waals surface area (Å²) in [6.07, 6.45) is 0. The number of halogens is 4. The van der Waals surface area contributed by atoms with Crippen molar-refractivity contribution in [2.24, 2.45) is 11.5 Å². The van der Waals surface area contributed by atoms with E-state index in [1.807, 2.05) is 18.2 Å². The highest BCUT2D eigenvalue weighted by Gasteiger charge is 2.19. The number of hydrogen-bond donors (Lipinski definition) is 5. The molecule has 0 unspecified atom stereocenters. The third kappa shape index (κ3) is 8.41. The number of amides is 1. The number of nitrogens with zero attached hydrogens (tertiary/aromatic N) is 2. The van der Waals surface area contributed by atoms with Gasteiger partial charge in [0, 0.05) is 30.8 Å². The SMILES string of the molecule is Cl.Cl.Cl.N=C(N)c1ccc(CNC(=O)Cn2c(-c3ccccc3)c(Cl)nc(NCCN)c2=O)cc1. The smallest absolute Gasteiger partial charge is 0.294 e. The summed E-state index contributed by atoms with van der Waals surface area (Å²) in [6, 6.07) is 16.0. The molecule has 35 heavy (non-hydrogen) atoms. The number of anilines is 1. The number of rotatable bonds is 9. The number of nitrogen functional groups attached to an aromatic ring is 1. The molecule has 9 nitrogen and oxygen atoms in total. The molecule has 3 aromatic rings. The minimum absolute atomic E-state index is 0. The Morgan fingerprint density at radius 1 is 1.06 bits per heavy atom. The van der Waals surface area contributed by atoms with E-state index in [4.69, 9.17) is 28.5 Å². The van der Waals surface area contributed by atoms with Gasteiger partial charge in [-0.3, -0.25) is 19.6 Å². The summed E-state index contributed by atoms with van der Waals surface area (Å²) >= 11 is 6.42. The third-order valence-corrected chi connectivity index (χ3v) is 4.93. The molecule has 0 spiro atoms. The summed E-state index contributed by atoms with van der Waals surface area (Å²) in [5.74, 6) is -0.360. The Labute approximate surface area is 226 Å². The molecule has 13 heteroatoms. The molecule has 190 valence electrons. The molecular formula is C22H27Cl4N7O2. The van der Waals surface area contributed by atoms with E-state index >= 15 is 0 Å². The zero-order valence-corrected chi connectivity index (χ0v) is 21.7. The second kappa shape index (κ2) is 15.2. The summed E-state index contributed by atoms with van der Waals surface area (Å²) in [4.78, 5) is 29.9. The van der Waals surface area contributed by atoms with Gasteiger partial charge >= 0.3 is 0 Å². The van der Waals surface area contributed by atoms with E-state index in [0.717, 1.165) is 5.56 Å². The molecule has 1 amide bonds. The van der Waals surface area contributed by atoms with Crippen LogP contribution in [0.4, 0.5) is 5.82 Å². The van der Waals surface area contributed by atoms with Crippen LogP contribution < -0.4 is 27.7 Å². The minimum Gasteiger partial charge on any atom is -0.384 e. The van der Waals surface area contributed by atoms with Crippen molar-refractivity contribution in [1.82, 2.24) is 14.9 Å². The average Bonchev–Trinajstić information content (AvgIpc) is 2.80. The summed E-state index contributed by atoms with van der Waals surface area (Å²) < 4.78 is 1.30. The van der Waals surface area contributed by atoms with Crippen LogP contribution >= 0.6 is 48.8 Å². The molecule has 7 N–H and O–H groups in total. The van der Waals surface area contributed by atoms with Crippen LogP contribution in [0.3, 0.4) is 0 Å². The van der Waals surface area contributed by atoms with E-state index in [9.17, 15) is 9.59 Å². The largest absolute Gasteiger partial charge is 0.384 e. The van der Waals surface area contributed by atoms with Gasteiger partial charge in [-0.2, -0.15) is 0 Å². The Morgan fingerprint density at radius 2 is 1.69 bits per heavy atom. The van der Waals surface area contributed by atoms with Gasteiger partial charge in [-0.25, -0.2) is 4.98 Å². The molecule has 0 saturated carbocycles. The molecule has 0 aliphatic rings. The first-order chi connectivity index (χ1) is 15.4. The molecule has 3 rings (SSSR count). The van der Waals surface area contributed by atoms with Crippen LogP contribution in [-0.4, -0.2) is 34.4 Å². The van der Waals surface area contributed by atoms with Crippen LogP contribution in [-0.2, 0) is 17.9 Å². The predicted molar refractivity (Wildman–Crippen MR) is 148 cm³/mol. The van der Waals surface area contributed by atoms with Crippen LogP contribution in [0.1, 0.15) is 11.1 Å². The Balaban J connectivity index is 0.00000385. The van der Waals surface area contributed by atoms with Gasteiger partial charge in [-0.1, -0.05) is 66.2 Å². The molecule has 0 aliphatic carbocycles. The topological polar surface area (TPSA) is 152 Å². The Hall–Kier alpha value is -2.82. The fraction of sp³-hybridized carbons (Fsp3) is 0.182. The Morgan fingerprint density at radius 3 is 2.26 bits per heavy atom. The van der Waals surface area contributed by atoms with Gasteiger partial charge in [0.2, 0.25) is 5.91 Å². The average molecular weight is 563 g/mol. The molecule has 0 atom stereocenters. The van der Waals surface area contributed by atoms with Crippen molar-refractivity contribution in [3.8, 4) is 11.3 Å². The molecule has 0 fully saturated rings. The number of carbonyl (C=O) groups excluding carboxylic acids is 1. The maximum atomic E-state index is 13.1. The summed E-state index contributed by atoms with van der Waals surface area (Å²) in [7, 11) is 0. The first-order valence-electron chi connectivity index (χ1n) is 9.90. The Kier molecular flexibility index (Phi) is 14.0. The van der Waals surface area contributed by atoms with Crippen molar-refractivity contribution in [2.75, 3.05) is 18.4 Å². The number of nitrogens with one attached hydrogen (secondary N) is 3. The lowest BCUT2D eigenvalue weighted by Gasteiger charge is -2.16. The van der Waals surface area contributed by atoms with Crippen LogP contribution in [0.2, 0.25) is 5.15 Å². The normalized spacial score (nSPS) is 9.66. The first-order valence-corrected chi connectivity index (χ1v) is 10.3. The monoisotopic (exact) mass is 561 g/mol. The number of benzene rings is 2. The minimum atomic E-state index is -0.470. The standard InChI is InChI=1S/C22H24ClN7O2.3ClH/c23-19-18(15-4-2-1-3-5-15)30(22(32)21(29-19)27-11-10-24)13-17(31)28-12-14-6-8-16(9-7-14)20(25)26;;;/h1-9H,10-13,24H2,(H3,25,26)(H,27,29)(H,28,31);3*1H. The van der Waals surface area contributed by atoms with Gasteiger partial charge in [0.05, 0.1) is 5.69 Å². The van der Waals surface area contributed by atoms with Crippen molar-refractivity contribution in [1.29, 1.82) is 5.41 Å². The van der Waals surface area contributed by atoms with Gasteiger partial charge < -0.3 is 22.1 Å². The van der Waals surface area contributed by atoms with E-state index < -0.39 is 5.56 Å². The van der Waals surface area contributed by atoms with E-state index in [2.05, 4.69) is 15.6 Å². The second-order valence-electron chi connectivity index (χ2n) is 6.96. The molecular weight excluding hydrogens is 536 g/mol. The van der Waals surface area contributed by atoms with Crippen LogP contribution in [0.25, 0.3) is 11.3 Å². The van der Waals surface area contributed by atoms with E-state index in [-0.39, 0.29) is 73.0 Å².